The second-order valence-corrected chi connectivity index (χ2v) is 7.16. The first-order valence-corrected chi connectivity index (χ1v) is 9.18. The van der Waals surface area contributed by atoms with Crippen LogP contribution in [0, 0.1) is 0 Å². The van der Waals surface area contributed by atoms with Crippen molar-refractivity contribution in [3.05, 3.63) is 100 Å². The maximum Gasteiger partial charge on any atom is 0.0136 e. The van der Waals surface area contributed by atoms with Gasteiger partial charge in [-0.25, -0.2) is 0 Å². The van der Waals surface area contributed by atoms with E-state index in [9.17, 15) is 0 Å². The lowest BCUT2D eigenvalue weighted by molar-refractivity contribution is 0.738. The van der Waals surface area contributed by atoms with Gasteiger partial charge in [0.15, 0.2) is 0 Å². The average Bonchev–Trinajstić information content (AvgIpc) is 2.67. The molecular weight excluding hydrogens is 288 g/mol. The Morgan fingerprint density at radius 3 is 2.54 bits per heavy atom. The van der Waals surface area contributed by atoms with Crippen molar-refractivity contribution in [1.29, 1.82) is 0 Å². The molecule has 118 valence electrons. The van der Waals surface area contributed by atoms with Crippen LogP contribution in [0.3, 0.4) is 0 Å². The van der Waals surface area contributed by atoms with Gasteiger partial charge in [0, 0.05) is 5.92 Å². The topological polar surface area (TPSA) is 0 Å². The lowest BCUT2D eigenvalue weighted by Crippen LogP contribution is -2.17. The molecule has 0 fully saturated rings. The Balaban J connectivity index is 1.72. The van der Waals surface area contributed by atoms with Gasteiger partial charge >= 0.3 is 0 Å². The highest BCUT2D eigenvalue weighted by molar-refractivity contribution is 5.87. The van der Waals surface area contributed by atoms with Crippen LogP contribution < -0.4 is 0 Å². The van der Waals surface area contributed by atoms with Gasteiger partial charge in [0.05, 0.1) is 0 Å². The van der Waals surface area contributed by atoms with Crippen molar-refractivity contribution in [1.82, 2.24) is 0 Å². The van der Waals surface area contributed by atoms with E-state index in [1.165, 1.54) is 41.5 Å². The summed E-state index contributed by atoms with van der Waals surface area (Å²) >= 11 is 0. The largest absolute Gasteiger partial charge is 0.0807 e. The van der Waals surface area contributed by atoms with Crippen LogP contribution in [0.1, 0.15) is 54.7 Å². The molecule has 0 saturated carbocycles. The molecule has 0 amide bonds. The van der Waals surface area contributed by atoms with Crippen molar-refractivity contribution in [2.75, 3.05) is 0 Å². The van der Waals surface area contributed by atoms with Gasteiger partial charge in [-0.05, 0) is 71.1 Å². The van der Waals surface area contributed by atoms with Gasteiger partial charge in [-0.1, -0.05) is 66.7 Å². The van der Waals surface area contributed by atoms with E-state index in [0.717, 1.165) is 12.8 Å². The van der Waals surface area contributed by atoms with E-state index in [1.807, 2.05) is 0 Å². The van der Waals surface area contributed by atoms with Crippen molar-refractivity contribution >= 4 is 5.57 Å². The van der Waals surface area contributed by atoms with Crippen molar-refractivity contribution in [2.24, 2.45) is 0 Å². The third-order valence-electron chi connectivity index (χ3n) is 5.86. The van der Waals surface area contributed by atoms with Gasteiger partial charge in [-0.3, -0.25) is 0 Å². The summed E-state index contributed by atoms with van der Waals surface area (Å²) in [5.41, 5.74) is 10.8. The minimum atomic E-state index is 0.489. The summed E-state index contributed by atoms with van der Waals surface area (Å²) in [7, 11) is 0. The molecule has 5 rings (SSSR count). The molecule has 2 aromatic rings. The number of allylic oxidation sites excluding steroid dienone is 6. The molecule has 0 aromatic heterocycles. The van der Waals surface area contributed by atoms with Crippen LogP contribution in [0.4, 0.5) is 0 Å². The summed E-state index contributed by atoms with van der Waals surface area (Å²) in [6.07, 6.45) is 11.1. The summed E-state index contributed by atoms with van der Waals surface area (Å²) in [5, 5.41) is 0. The number of fused-ring (bicyclic) bond motifs is 4. The highest BCUT2D eigenvalue weighted by atomic mass is 14.4. The van der Waals surface area contributed by atoms with Gasteiger partial charge in [0.25, 0.3) is 0 Å². The third kappa shape index (κ3) is 2.13. The molecule has 1 unspecified atom stereocenters. The van der Waals surface area contributed by atoms with E-state index in [1.54, 1.807) is 16.7 Å². The number of hydrogen-bond donors (Lipinski definition) is 0. The van der Waals surface area contributed by atoms with E-state index in [-0.39, 0.29) is 0 Å². The van der Waals surface area contributed by atoms with Crippen LogP contribution in [0.2, 0.25) is 0 Å². The van der Waals surface area contributed by atoms with Crippen LogP contribution in [0.15, 0.2) is 83.5 Å². The molecule has 0 radical (unpaired) electrons. The minimum absolute atomic E-state index is 0.489. The Kier molecular flexibility index (Phi) is 3.29. The van der Waals surface area contributed by atoms with Gasteiger partial charge in [0.2, 0.25) is 0 Å². The first-order chi connectivity index (χ1) is 11.9. The molecule has 0 nitrogen and oxygen atoms in total. The van der Waals surface area contributed by atoms with E-state index < -0.39 is 0 Å². The van der Waals surface area contributed by atoms with Crippen molar-refractivity contribution < 1.29 is 0 Å². The Morgan fingerprint density at radius 1 is 0.792 bits per heavy atom. The minimum Gasteiger partial charge on any atom is -0.0807 e. The maximum atomic E-state index is 2.48. The highest BCUT2D eigenvalue weighted by Crippen LogP contribution is 2.50. The van der Waals surface area contributed by atoms with Crippen LogP contribution >= 0.6 is 0 Å². The van der Waals surface area contributed by atoms with Crippen molar-refractivity contribution in [3.63, 3.8) is 0 Å². The first-order valence-electron chi connectivity index (χ1n) is 9.18. The normalized spacial score (nSPS) is 22.1. The van der Waals surface area contributed by atoms with Gasteiger partial charge < -0.3 is 0 Å². The van der Waals surface area contributed by atoms with E-state index in [4.69, 9.17) is 0 Å². The smallest absolute Gasteiger partial charge is 0.0136 e. The average molecular weight is 310 g/mol. The number of rotatable bonds is 1. The summed E-state index contributed by atoms with van der Waals surface area (Å²) in [6, 6.07) is 20.1. The van der Waals surface area contributed by atoms with Crippen LogP contribution in [-0.2, 0) is 0 Å². The van der Waals surface area contributed by atoms with E-state index in [2.05, 4.69) is 66.7 Å². The molecule has 3 aliphatic carbocycles. The Bertz CT molecular complexity index is 877. The summed E-state index contributed by atoms with van der Waals surface area (Å²) in [6.45, 7) is 0. The number of benzene rings is 2. The monoisotopic (exact) mass is 310 g/mol. The predicted octanol–water partition coefficient (Wildman–Crippen LogP) is 6.42. The second-order valence-electron chi connectivity index (χ2n) is 7.16. The molecule has 0 heteroatoms. The fraction of sp³-hybridized carbons (Fsp3) is 0.250. The molecule has 1 atom stereocenters. The highest BCUT2D eigenvalue weighted by Gasteiger charge is 2.32. The molecule has 2 aromatic carbocycles. The SMILES string of the molecule is C1=C2CC=C3C(=C2CCC1)CC(c1ccccc1)c1ccccc13. The molecular formula is C24H22. The fourth-order valence-corrected chi connectivity index (χ4v) is 4.74. The lowest BCUT2D eigenvalue weighted by atomic mass is 9.68. The Hall–Kier alpha value is -2.34. The van der Waals surface area contributed by atoms with Gasteiger partial charge in [0.1, 0.15) is 0 Å². The maximum absolute atomic E-state index is 2.48. The zero-order chi connectivity index (χ0) is 15.9. The zero-order valence-electron chi connectivity index (χ0n) is 14.0. The lowest BCUT2D eigenvalue weighted by Gasteiger charge is -2.35. The predicted molar refractivity (Wildman–Crippen MR) is 101 cm³/mol. The van der Waals surface area contributed by atoms with Crippen molar-refractivity contribution in [2.45, 2.75) is 38.0 Å². The summed E-state index contributed by atoms with van der Waals surface area (Å²) in [4.78, 5) is 0. The van der Waals surface area contributed by atoms with E-state index >= 15 is 0 Å². The van der Waals surface area contributed by atoms with Crippen molar-refractivity contribution in [3.8, 4) is 0 Å². The Morgan fingerprint density at radius 2 is 1.62 bits per heavy atom. The third-order valence-corrected chi connectivity index (χ3v) is 5.86. The van der Waals surface area contributed by atoms with Gasteiger partial charge in [-0.15, -0.1) is 0 Å². The summed E-state index contributed by atoms with van der Waals surface area (Å²) in [5.74, 6) is 0.489. The molecule has 0 aliphatic heterocycles. The zero-order valence-corrected chi connectivity index (χ0v) is 14.0. The quantitative estimate of drug-likeness (QED) is 0.570. The molecule has 3 aliphatic rings. The second kappa shape index (κ2) is 5.63. The van der Waals surface area contributed by atoms with Crippen LogP contribution in [-0.4, -0.2) is 0 Å². The molecule has 0 N–H and O–H groups in total. The first kappa shape index (κ1) is 14.0. The summed E-state index contributed by atoms with van der Waals surface area (Å²) < 4.78 is 0. The molecule has 0 heterocycles. The van der Waals surface area contributed by atoms with Crippen LogP contribution in [0.25, 0.3) is 5.57 Å². The number of hydrogen-bond acceptors (Lipinski definition) is 0. The van der Waals surface area contributed by atoms with E-state index in [0.29, 0.717) is 5.92 Å². The van der Waals surface area contributed by atoms with Crippen LogP contribution in [0.5, 0.6) is 0 Å². The van der Waals surface area contributed by atoms with Gasteiger partial charge in [-0.2, -0.15) is 0 Å². The molecule has 0 bridgehead atoms. The molecule has 24 heavy (non-hydrogen) atoms. The molecule has 0 spiro atoms. The Labute approximate surface area is 144 Å². The fourth-order valence-electron chi connectivity index (χ4n) is 4.74. The molecule has 0 saturated heterocycles. The standard InChI is InChI=1S/C24H22/c1-2-8-17(9-3-1)23-16-24-19-11-5-4-10-18(19)14-15-22(24)20-12-6-7-13-21(20)23/h1-3,6-10,12-13,15,23H,4-5,11,14,16H2.